The maximum absolute atomic E-state index is 14.7. The monoisotopic (exact) mass is 369 g/mol. The standard InChI is InChI=1S/C21H21ClFN3/c22-14-5-10-17-19(13-14)25-12-11-20(17)26(16-8-6-15(24)7-9-16)21-4-2-1-3-18(21)23/h1-5,10-13,15-16H,6-9,24H2. The zero-order valence-electron chi connectivity index (χ0n) is 14.4. The number of anilines is 2. The van der Waals surface area contributed by atoms with Crippen molar-refractivity contribution in [2.24, 2.45) is 5.73 Å². The van der Waals surface area contributed by atoms with E-state index in [2.05, 4.69) is 9.88 Å². The summed E-state index contributed by atoms with van der Waals surface area (Å²) in [5.74, 6) is -0.221. The summed E-state index contributed by atoms with van der Waals surface area (Å²) < 4.78 is 14.7. The van der Waals surface area contributed by atoms with Gasteiger partial charge in [0.05, 0.1) is 16.9 Å². The van der Waals surface area contributed by atoms with Crippen molar-refractivity contribution in [2.75, 3.05) is 4.90 Å². The molecule has 0 radical (unpaired) electrons. The minimum Gasteiger partial charge on any atom is -0.335 e. The second-order valence-corrected chi connectivity index (χ2v) is 7.32. The van der Waals surface area contributed by atoms with Gasteiger partial charge in [-0.15, -0.1) is 0 Å². The summed E-state index contributed by atoms with van der Waals surface area (Å²) >= 11 is 6.13. The number of hydrogen-bond donors (Lipinski definition) is 1. The van der Waals surface area contributed by atoms with Crippen LogP contribution in [0.4, 0.5) is 15.8 Å². The highest BCUT2D eigenvalue weighted by atomic mass is 35.5. The van der Waals surface area contributed by atoms with E-state index in [4.69, 9.17) is 17.3 Å². The van der Waals surface area contributed by atoms with Crippen LogP contribution >= 0.6 is 11.6 Å². The van der Waals surface area contributed by atoms with Crippen LogP contribution in [-0.2, 0) is 0 Å². The Bertz CT molecular complexity index is 922. The molecule has 0 amide bonds. The molecule has 1 fully saturated rings. The van der Waals surface area contributed by atoms with Crippen molar-refractivity contribution in [3.8, 4) is 0 Å². The molecule has 0 aliphatic heterocycles. The van der Waals surface area contributed by atoms with Gasteiger partial charge in [0.15, 0.2) is 0 Å². The molecule has 26 heavy (non-hydrogen) atoms. The highest BCUT2D eigenvalue weighted by molar-refractivity contribution is 6.31. The van der Waals surface area contributed by atoms with E-state index in [1.807, 2.05) is 36.4 Å². The predicted octanol–water partition coefficient (Wildman–Crippen LogP) is 5.44. The van der Waals surface area contributed by atoms with Gasteiger partial charge in [-0.1, -0.05) is 23.7 Å². The van der Waals surface area contributed by atoms with Crippen LogP contribution in [0.15, 0.2) is 54.7 Å². The molecular weight excluding hydrogens is 349 g/mol. The number of rotatable bonds is 3. The smallest absolute Gasteiger partial charge is 0.146 e. The molecule has 2 N–H and O–H groups in total. The van der Waals surface area contributed by atoms with Gasteiger partial charge in [0.1, 0.15) is 5.82 Å². The average Bonchev–Trinajstić information content (AvgIpc) is 2.65. The molecule has 0 bridgehead atoms. The molecule has 5 heteroatoms. The van der Waals surface area contributed by atoms with Gasteiger partial charge in [0, 0.05) is 28.7 Å². The van der Waals surface area contributed by atoms with Crippen molar-refractivity contribution in [2.45, 2.75) is 37.8 Å². The van der Waals surface area contributed by atoms with Crippen LogP contribution in [0.5, 0.6) is 0 Å². The van der Waals surface area contributed by atoms with E-state index in [9.17, 15) is 4.39 Å². The Morgan fingerprint density at radius 2 is 1.77 bits per heavy atom. The molecule has 0 atom stereocenters. The molecule has 0 unspecified atom stereocenters. The number of nitrogens with zero attached hydrogens (tertiary/aromatic N) is 2. The van der Waals surface area contributed by atoms with Crippen molar-refractivity contribution in [3.05, 3.63) is 65.6 Å². The van der Waals surface area contributed by atoms with Crippen LogP contribution in [-0.4, -0.2) is 17.1 Å². The van der Waals surface area contributed by atoms with Gasteiger partial charge in [-0.05, 0) is 62.1 Å². The van der Waals surface area contributed by atoms with E-state index in [-0.39, 0.29) is 17.9 Å². The summed E-state index contributed by atoms with van der Waals surface area (Å²) in [6, 6.07) is 15.0. The zero-order valence-corrected chi connectivity index (χ0v) is 15.2. The highest BCUT2D eigenvalue weighted by Gasteiger charge is 2.28. The lowest BCUT2D eigenvalue weighted by Gasteiger charge is -2.38. The van der Waals surface area contributed by atoms with Crippen LogP contribution in [0.2, 0.25) is 5.02 Å². The Morgan fingerprint density at radius 3 is 2.54 bits per heavy atom. The third-order valence-electron chi connectivity index (χ3n) is 5.16. The number of hydrogen-bond acceptors (Lipinski definition) is 3. The largest absolute Gasteiger partial charge is 0.335 e. The fourth-order valence-electron chi connectivity index (χ4n) is 3.85. The molecular formula is C21H21ClFN3. The first-order chi connectivity index (χ1) is 12.6. The molecule has 1 aliphatic carbocycles. The molecule has 2 aromatic carbocycles. The Hall–Kier alpha value is -2.17. The van der Waals surface area contributed by atoms with E-state index in [1.165, 1.54) is 6.07 Å². The van der Waals surface area contributed by atoms with E-state index in [1.54, 1.807) is 12.3 Å². The van der Waals surface area contributed by atoms with Gasteiger partial charge >= 0.3 is 0 Å². The van der Waals surface area contributed by atoms with Gasteiger partial charge < -0.3 is 10.6 Å². The van der Waals surface area contributed by atoms with Crippen molar-refractivity contribution in [1.29, 1.82) is 0 Å². The summed E-state index contributed by atoms with van der Waals surface area (Å²) in [7, 11) is 0. The molecule has 134 valence electrons. The molecule has 1 heterocycles. The van der Waals surface area contributed by atoms with Gasteiger partial charge in [-0.25, -0.2) is 4.39 Å². The lowest BCUT2D eigenvalue weighted by molar-refractivity contribution is 0.389. The number of nitrogens with two attached hydrogens (primary N) is 1. The van der Waals surface area contributed by atoms with Crippen LogP contribution in [0.25, 0.3) is 10.9 Å². The molecule has 1 aliphatic rings. The third-order valence-corrected chi connectivity index (χ3v) is 5.39. The minimum absolute atomic E-state index is 0.202. The first-order valence-electron chi connectivity index (χ1n) is 8.97. The number of halogens is 2. The topological polar surface area (TPSA) is 42.1 Å². The highest BCUT2D eigenvalue weighted by Crippen LogP contribution is 2.38. The van der Waals surface area contributed by atoms with E-state index in [0.29, 0.717) is 10.7 Å². The minimum atomic E-state index is -0.221. The normalized spacial score (nSPS) is 20.3. The number of para-hydroxylation sites is 1. The van der Waals surface area contributed by atoms with Crippen LogP contribution in [0, 0.1) is 5.82 Å². The summed E-state index contributed by atoms with van der Waals surface area (Å²) in [6.07, 6.45) is 5.53. The zero-order chi connectivity index (χ0) is 18.1. The van der Waals surface area contributed by atoms with Crippen LogP contribution in [0.1, 0.15) is 25.7 Å². The molecule has 0 saturated heterocycles. The van der Waals surface area contributed by atoms with Crippen LogP contribution in [0.3, 0.4) is 0 Å². The van der Waals surface area contributed by atoms with Crippen molar-refractivity contribution in [3.63, 3.8) is 0 Å². The van der Waals surface area contributed by atoms with E-state index >= 15 is 0 Å². The third kappa shape index (κ3) is 3.27. The summed E-state index contributed by atoms with van der Waals surface area (Å²) in [5.41, 5.74) is 8.45. The van der Waals surface area contributed by atoms with Gasteiger partial charge in [0.25, 0.3) is 0 Å². The fourth-order valence-corrected chi connectivity index (χ4v) is 4.01. The first kappa shape index (κ1) is 17.3. The van der Waals surface area contributed by atoms with E-state index in [0.717, 1.165) is 42.3 Å². The predicted molar refractivity (Wildman–Crippen MR) is 106 cm³/mol. The lowest BCUT2D eigenvalue weighted by atomic mass is 9.90. The lowest BCUT2D eigenvalue weighted by Crippen LogP contribution is -2.38. The molecule has 3 aromatic rings. The molecule has 1 aromatic heterocycles. The van der Waals surface area contributed by atoms with Gasteiger partial charge in [0.2, 0.25) is 0 Å². The first-order valence-corrected chi connectivity index (χ1v) is 9.35. The SMILES string of the molecule is NC1CCC(N(c2ccccc2F)c2ccnc3cc(Cl)ccc23)CC1. The molecule has 3 nitrogen and oxygen atoms in total. The summed E-state index contributed by atoms with van der Waals surface area (Å²) in [5, 5.41) is 1.61. The van der Waals surface area contributed by atoms with E-state index < -0.39 is 0 Å². The van der Waals surface area contributed by atoms with Crippen molar-refractivity contribution >= 4 is 33.9 Å². The maximum atomic E-state index is 14.7. The summed E-state index contributed by atoms with van der Waals surface area (Å²) in [6.45, 7) is 0. The van der Waals surface area contributed by atoms with Gasteiger partial charge in [-0.3, -0.25) is 4.98 Å². The quantitative estimate of drug-likeness (QED) is 0.668. The maximum Gasteiger partial charge on any atom is 0.146 e. The fraction of sp³-hybridized carbons (Fsp3) is 0.286. The molecule has 4 rings (SSSR count). The number of fused-ring (bicyclic) bond motifs is 1. The number of pyridine rings is 1. The van der Waals surface area contributed by atoms with Crippen molar-refractivity contribution < 1.29 is 4.39 Å². The Labute approximate surface area is 157 Å². The van der Waals surface area contributed by atoms with Crippen molar-refractivity contribution in [1.82, 2.24) is 4.98 Å². The second-order valence-electron chi connectivity index (χ2n) is 6.88. The van der Waals surface area contributed by atoms with Gasteiger partial charge in [-0.2, -0.15) is 0 Å². The Balaban J connectivity index is 1.87. The van der Waals surface area contributed by atoms with Crippen LogP contribution < -0.4 is 10.6 Å². The Morgan fingerprint density at radius 1 is 1.00 bits per heavy atom. The molecule has 0 spiro atoms. The Kier molecular flexibility index (Phi) is 4.79. The number of aromatic nitrogens is 1. The molecule has 1 saturated carbocycles. The summed E-state index contributed by atoms with van der Waals surface area (Å²) in [4.78, 5) is 6.56. The average molecular weight is 370 g/mol. The second kappa shape index (κ2) is 7.22. The number of benzene rings is 2.